The van der Waals surface area contributed by atoms with Gasteiger partial charge in [-0.15, -0.1) is 0 Å². The van der Waals surface area contributed by atoms with Crippen LogP contribution in [0.25, 0.3) is 0 Å². The highest BCUT2D eigenvalue weighted by molar-refractivity contribution is 6.30. The lowest BCUT2D eigenvalue weighted by molar-refractivity contribution is -0.00764. The Kier molecular flexibility index (Phi) is 4.99. The van der Waals surface area contributed by atoms with Crippen LogP contribution >= 0.6 is 11.6 Å². The minimum atomic E-state index is -0.180. The highest BCUT2D eigenvalue weighted by Gasteiger charge is 2.26. The van der Waals surface area contributed by atoms with Crippen LogP contribution in [0.4, 0.5) is 0 Å². The predicted octanol–water partition coefficient (Wildman–Crippen LogP) is 3.80. The molecule has 2 nitrogen and oxygen atoms in total. The van der Waals surface area contributed by atoms with Gasteiger partial charge in [-0.2, -0.15) is 0 Å². The molecule has 96 valence electrons. The molecule has 3 heteroatoms. The van der Waals surface area contributed by atoms with Crippen molar-refractivity contribution in [3.8, 4) is 0 Å². The zero-order valence-corrected chi connectivity index (χ0v) is 12.0. The van der Waals surface area contributed by atoms with E-state index in [2.05, 4.69) is 33.0 Å². The lowest BCUT2D eigenvalue weighted by Gasteiger charge is -2.33. The molecule has 0 aliphatic carbocycles. The summed E-state index contributed by atoms with van der Waals surface area (Å²) in [5, 5.41) is 4.31. The first-order valence-corrected chi connectivity index (χ1v) is 6.31. The van der Waals surface area contributed by atoms with Gasteiger partial charge in [-0.1, -0.05) is 23.7 Å². The van der Waals surface area contributed by atoms with Crippen LogP contribution in [0.1, 0.15) is 39.3 Å². The molecule has 0 bridgehead atoms. The number of nitrogens with one attached hydrogen (secondary N) is 1. The smallest absolute Gasteiger partial charge is 0.0772 e. The van der Waals surface area contributed by atoms with Crippen LogP contribution in [0.5, 0.6) is 0 Å². The second-order valence-corrected chi connectivity index (χ2v) is 5.41. The molecule has 0 aliphatic rings. The zero-order valence-electron chi connectivity index (χ0n) is 11.3. The van der Waals surface area contributed by atoms with Gasteiger partial charge in [-0.3, -0.25) is 0 Å². The molecular formula is C14H22ClNO. The highest BCUT2D eigenvalue weighted by atomic mass is 35.5. The van der Waals surface area contributed by atoms with Gasteiger partial charge < -0.3 is 10.1 Å². The normalized spacial score (nSPS) is 15.6. The fraction of sp³-hybridized carbons (Fsp3) is 0.571. The average molecular weight is 256 g/mol. The van der Waals surface area contributed by atoms with Crippen molar-refractivity contribution in [3.63, 3.8) is 0 Å². The van der Waals surface area contributed by atoms with Gasteiger partial charge in [0.1, 0.15) is 0 Å². The van der Waals surface area contributed by atoms with E-state index >= 15 is 0 Å². The van der Waals surface area contributed by atoms with E-state index in [1.54, 1.807) is 7.11 Å². The van der Waals surface area contributed by atoms with Crippen molar-refractivity contribution in [1.82, 2.24) is 5.32 Å². The molecule has 0 saturated carbocycles. The first-order chi connectivity index (χ1) is 7.86. The maximum atomic E-state index is 5.88. The Hall–Kier alpha value is -0.570. The Morgan fingerprint density at radius 2 is 1.71 bits per heavy atom. The van der Waals surface area contributed by atoms with E-state index in [-0.39, 0.29) is 17.7 Å². The maximum Gasteiger partial charge on any atom is 0.0772 e. The van der Waals surface area contributed by atoms with E-state index in [4.69, 9.17) is 16.3 Å². The number of halogens is 1. The molecule has 2 atom stereocenters. The van der Waals surface area contributed by atoms with Gasteiger partial charge in [0, 0.05) is 24.2 Å². The van der Waals surface area contributed by atoms with Crippen molar-refractivity contribution in [2.24, 2.45) is 0 Å². The third-order valence-corrected chi connectivity index (χ3v) is 3.69. The fourth-order valence-electron chi connectivity index (χ4n) is 1.60. The molecule has 0 amide bonds. The first kappa shape index (κ1) is 14.5. The van der Waals surface area contributed by atoms with Crippen molar-refractivity contribution < 1.29 is 4.74 Å². The molecule has 1 aromatic carbocycles. The van der Waals surface area contributed by atoms with Gasteiger partial charge in [0.25, 0.3) is 0 Å². The molecule has 0 heterocycles. The highest BCUT2D eigenvalue weighted by Crippen LogP contribution is 2.20. The molecule has 1 N–H and O–H groups in total. The molecule has 1 rings (SSSR count). The number of rotatable bonds is 5. The van der Waals surface area contributed by atoms with Crippen LogP contribution in [0.2, 0.25) is 5.02 Å². The topological polar surface area (TPSA) is 21.3 Å². The van der Waals surface area contributed by atoms with Crippen molar-refractivity contribution in [2.45, 2.75) is 45.4 Å². The third kappa shape index (κ3) is 3.98. The molecule has 0 saturated heterocycles. The van der Waals surface area contributed by atoms with Crippen LogP contribution < -0.4 is 5.32 Å². The molecule has 17 heavy (non-hydrogen) atoms. The van der Waals surface area contributed by atoms with E-state index in [9.17, 15) is 0 Å². The molecular weight excluding hydrogens is 234 g/mol. The molecule has 0 fully saturated rings. The molecule has 1 unspecified atom stereocenters. The van der Waals surface area contributed by atoms with Gasteiger partial charge in [-0.25, -0.2) is 0 Å². The van der Waals surface area contributed by atoms with Crippen LogP contribution in [-0.4, -0.2) is 18.8 Å². The van der Waals surface area contributed by atoms with Gasteiger partial charge in [-0.05, 0) is 45.4 Å². The van der Waals surface area contributed by atoms with E-state index in [0.717, 1.165) is 5.02 Å². The van der Waals surface area contributed by atoms with Crippen molar-refractivity contribution >= 4 is 11.6 Å². The van der Waals surface area contributed by atoms with Gasteiger partial charge in [0.05, 0.1) is 5.60 Å². The number of methoxy groups -OCH3 is 1. The summed E-state index contributed by atoms with van der Waals surface area (Å²) >= 11 is 5.88. The van der Waals surface area contributed by atoms with E-state index < -0.39 is 0 Å². The van der Waals surface area contributed by atoms with Gasteiger partial charge in [0.2, 0.25) is 0 Å². The van der Waals surface area contributed by atoms with Crippen LogP contribution in [0, 0.1) is 0 Å². The monoisotopic (exact) mass is 255 g/mol. The summed E-state index contributed by atoms with van der Waals surface area (Å²) in [5.74, 6) is 0. The molecule has 0 radical (unpaired) electrons. The summed E-state index contributed by atoms with van der Waals surface area (Å²) in [6, 6.07) is 8.47. The second kappa shape index (κ2) is 5.85. The predicted molar refractivity (Wildman–Crippen MR) is 73.6 cm³/mol. The van der Waals surface area contributed by atoms with Crippen LogP contribution in [0.3, 0.4) is 0 Å². The zero-order chi connectivity index (χ0) is 13.1. The van der Waals surface area contributed by atoms with Gasteiger partial charge >= 0.3 is 0 Å². The summed E-state index contributed by atoms with van der Waals surface area (Å²) < 4.78 is 5.47. The number of ether oxygens (including phenoxy) is 1. The Bertz CT molecular complexity index is 348. The second-order valence-electron chi connectivity index (χ2n) is 4.97. The van der Waals surface area contributed by atoms with Crippen LogP contribution in [-0.2, 0) is 4.74 Å². The maximum absolute atomic E-state index is 5.88. The first-order valence-electron chi connectivity index (χ1n) is 5.93. The van der Waals surface area contributed by atoms with Gasteiger partial charge in [0.15, 0.2) is 0 Å². The Morgan fingerprint density at radius 1 is 1.18 bits per heavy atom. The molecule has 0 aliphatic heterocycles. The number of hydrogen-bond donors (Lipinski definition) is 1. The Balaban J connectivity index is 2.66. The lowest BCUT2D eigenvalue weighted by atomic mass is 9.98. The summed E-state index contributed by atoms with van der Waals surface area (Å²) in [6.45, 7) is 8.44. The van der Waals surface area contributed by atoms with Crippen molar-refractivity contribution in [2.75, 3.05) is 7.11 Å². The Labute approximate surface area is 109 Å². The molecule has 0 aromatic heterocycles. The SMILES string of the molecule is COC(C)(C)C(C)N[C@H](C)c1ccc(Cl)cc1. The Morgan fingerprint density at radius 3 is 2.18 bits per heavy atom. The average Bonchev–Trinajstić information content (AvgIpc) is 2.29. The van der Waals surface area contributed by atoms with E-state index in [1.807, 2.05) is 24.3 Å². The quantitative estimate of drug-likeness (QED) is 0.864. The van der Waals surface area contributed by atoms with E-state index in [0.29, 0.717) is 0 Å². The van der Waals surface area contributed by atoms with E-state index in [1.165, 1.54) is 5.56 Å². The summed E-state index contributed by atoms with van der Waals surface area (Å²) in [7, 11) is 1.74. The lowest BCUT2D eigenvalue weighted by Crippen LogP contribution is -2.46. The minimum Gasteiger partial charge on any atom is -0.377 e. The molecule has 0 spiro atoms. The standard InChI is InChI=1S/C14H22ClNO/c1-10(12-6-8-13(15)9-7-12)16-11(2)14(3,4)17-5/h6-11,16H,1-5H3/t10-,11?/m1/s1. The summed E-state index contributed by atoms with van der Waals surface area (Å²) in [4.78, 5) is 0. The fourth-order valence-corrected chi connectivity index (χ4v) is 1.73. The minimum absolute atomic E-state index is 0.180. The number of benzene rings is 1. The summed E-state index contributed by atoms with van der Waals surface area (Å²) in [5.41, 5.74) is 1.05. The third-order valence-electron chi connectivity index (χ3n) is 3.44. The number of hydrogen-bond acceptors (Lipinski definition) is 2. The van der Waals surface area contributed by atoms with Crippen LogP contribution in [0.15, 0.2) is 24.3 Å². The van der Waals surface area contributed by atoms with Crippen molar-refractivity contribution in [1.29, 1.82) is 0 Å². The van der Waals surface area contributed by atoms with Crippen molar-refractivity contribution in [3.05, 3.63) is 34.9 Å². The molecule has 1 aromatic rings. The summed E-state index contributed by atoms with van der Waals surface area (Å²) in [6.07, 6.45) is 0. The largest absolute Gasteiger partial charge is 0.377 e.